The zero-order valence-electron chi connectivity index (χ0n) is 15.5. The quantitative estimate of drug-likeness (QED) is 0.351. The number of aromatic hydroxyl groups is 1. The minimum Gasteiger partial charge on any atom is -0.504 e. The maximum atomic E-state index is 12.1. The van der Waals surface area contributed by atoms with Gasteiger partial charge in [0.15, 0.2) is 5.75 Å². The molecule has 7 nitrogen and oxygen atoms in total. The van der Waals surface area contributed by atoms with Crippen molar-refractivity contribution in [2.45, 2.75) is 45.4 Å². The highest BCUT2D eigenvalue weighted by molar-refractivity contribution is 5.96. The van der Waals surface area contributed by atoms with Crippen LogP contribution in [0, 0.1) is 0 Å². The van der Waals surface area contributed by atoms with Gasteiger partial charge in [0.05, 0.1) is 24.2 Å². The van der Waals surface area contributed by atoms with Crippen LogP contribution in [0.1, 0.15) is 55.8 Å². The number of fused-ring (bicyclic) bond motifs is 1. The van der Waals surface area contributed by atoms with Crippen LogP contribution in [-0.4, -0.2) is 36.0 Å². The smallest absolute Gasteiger partial charge is 0.383 e. The standard InChI is InChI=1S/C20H26O7/c1-2-3-4-6-11-25-18-17(22)15-13-14(8-9-16(15)27-20(18)24)19(23)26-12-7-5-10-21/h8-9,13,21-22H,2-7,10-12H2,1H3. The van der Waals surface area contributed by atoms with E-state index >= 15 is 0 Å². The first kappa shape index (κ1) is 20.8. The first-order valence-electron chi connectivity index (χ1n) is 9.29. The van der Waals surface area contributed by atoms with Gasteiger partial charge in [-0.3, -0.25) is 0 Å². The van der Waals surface area contributed by atoms with E-state index in [0.717, 1.165) is 25.7 Å². The van der Waals surface area contributed by atoms with Crippen molar-refractivity contribution in [3.05, 3.63) is 34.2 Å². The second-order valence-corrected chi connectivity index (χ2v) is 6.25. The largest absolute Gasteiger partial charge is 0.504 e. The number of aliphatic hydroxyl groups is 1. The lowest BCUT2D eigenvalue weighted by atomic mass is 10.1. The molecule has 1 aromatic heterocycles. The molecule has 2 aromatic rings. The first-order valence-corrected chi connectivity index (χ1v) is 9.29. The maximum absolute atomic E-state index is 12.1. The van der Waals surface area contributed by atoms with Crippen LogP contribution in [0.2, 0.25) is 0 Å². The van der Waals surface area contributed by atoms with Crippen LogP contribution >= 0.6 is 0 Å². The molecule has 1 aromatic carbocycles. The molecule has 0 radical (unpaired) electrons. The van der Waals surface area contributed by atoms with E-state index in [9.17, 15) is 14.7 Å². The SMILES string of the molecule is CCCCCCOc1c(O)c2cc(C(=O)OCCCCO)ccc2oc1=O. The highest BCUT2D eigenvalue weighted by Crippen LogP contribution is 2.32. The molecule has 0 aliphatic carbocycles. The van der Waals surface area contributed by atoms with Crippen LogP contribution < -0.4 is 10.4 Å². The van der Waals surface area contributed by atoms with Gasteiger partial charge in [-0.15, -0.1) is 0 Å². The van der Waals surface area contributed by atoms with Crippen molar-refractivity contribution >= 4 is 16.9 Å². The van der Waals surface area contributed by atoms with Gasteiger partial charge in [-0.05, 0) is 37.5 Å². The number of esters is 1. The summed E-state index contributed by atoms with van der Waals surface area (Å²) in [4.78, 5) is 24.1. The second kappa shape index (κ2) is 10.6. The predicted molar refractivity (Wildman–Crippen MR) is 100 cm³/mol. The van der Waals surface area contributed by atoms with E-state index in [1.165, 1.54) is 18.2 Å². The summed E-state index contributed by atoms with van der Waals surface area (Å²) in [6.07, 6.45) is 5.02. The summed E-state index contributed by atoms with van der Waals surface area (Å²) in [6, 6.07) is 4.31. The monoisotopic (exact) mass is 378 g/mol. The Bertz CT molecular complexity index is 810. The summed E-state index contributed by atoms with van der Waals surface area (Å²) < 4.78 is 15.7. The Hall–Kier alpha value is -2.54. The molecule has 2 rings (SSSR count). The van der Waals surface area contributed by atoms with Crippen LogP contribution in [0.15, 0.2) is 27.4 Å². The van der Waals surface area contributed by atoms with Gasteiger partial charge in [0.2, 0.25) is 5.75 Å². The number of aliphatic hydroxyl groups excluding tert-OH is 1. The van der Waals surface area contributed by atoms with E-state index in [1.807, 2.05) is 0 Å². The Balaban J connectivity index is 2.15. The molecule has 0 bridgehead atoms. The molecule has 0 amide bonds. The first-order chi connectivity index (χ1) is 13.1. The van der Waals surface area contributed by atoms with E-state index in [1.54, 1.807) is 0 Å². The molecule has 0 unspecified atom stereocenters. The third-order valence-electron chi connectivity index (χ3n) is 4.10. The molecule has 0 saturated heterocycles. The molecule has 148 valence electrons. The van der Waals surface area contributed by atoms with E-state index in [0.29, 0.717) is 19.4 Å². The fourth-order valence-corrected chi connectivity index (χ4v) is 2.59. The van der Waals surface area contributed by atoms with Gasteiger partial charge in [-0.25, -0.2) is 9.59 Å². The third kappa shape index (κ3) is 5.72. The molecule has 0 spiro atoms. The van der Waals surface area contributed by atoms with Gasteiger partial charge in [-0.2, -0.15) is 0 Å². The highest BCUT2D eigenvalue weighted by Gasteiger charge is 2.17. The zero-order chi connectivity index (χ0) is 19.6. The number of carbonyl (C=O) groups excluding carboxylic acids is 1. The molecule has 0 aliphatic rings. The summed E-state index contributed by atoms with van der Waals surface area (Å²) in [5.74, 6) is -1.14. The van der Waals surface area contributed by atoms with Gasteiger partial charge >= 0.3 is 11.6 Å². The molecular weight excluding hydrogens is 352 g/mol. The van der Waals surface area contributed by atoms with Crippen molar-refractivity contribution in [1.29, 1.82) is 0 Å². The van der Waals surface area contributed by atoms with Crippen molar-refractivity contribution in [2.75, 3.05) is 19.8 Å². The minimum absolute atomic E-state index is 0.0433. The van der Waals surface area contributed by atoms with Crippen LogP contribution in [0.3, 0.4) is 0 Å². The van der Waals surface area contributed by atoms with Crippen LogP contribution in [0.5, 0.6) is 11.5 Å². The van der Waals surface area contributed by atoms with E-state index in [-0.39, 0.29) is 41.2 Å². The molecule has 0 saturated carbocycles. The van der Waals surface area contributed by atoms with Crippen molar-refractivity contribution in [3.8, 4) is 11.5 Å². The molecule has 2 N–H and O–H groups in total. The van der Waals surface area contributed by atoms with E-state index < -0.39 is 11.6 Å². The number of hydrogen-bond donors (Lipinski definition) is 2. The Kier molecular flexibility index (Phi) is 8.13. The normalized spacial score (nSPS) is 10.9. The number of carbonyl (C=O) groups is 1. The van der Waals surface area contributed by atoms with Crippen molar-refractivity contribution < 1.29 is 28.9 Å². The number of ether oxygens (including phenoxy) is 2. The molecule has 7 heteroatoms. The van der Waals surface area contributed by atoms with Crippen molar-refractivity contribution in [1.82, 2.24) is 0 Å². The highest BCUT2D eigenvalue weighted by atomic mass is 16.5. The molecule has 0 aliphatic heterocycles. The minimum atomic E-state index is -0.755. The number of rotatable bonds is 11. The maximum Gasteiger partial charge on any atom is 0.383 e. The Morgan fingerprint density at radius 3 is 2.63 bits per heavy atom. The van der Waals surface area contributed by atoms with E-state index in [2.05, 4.69) is 6.92 Å². The zero-order valence-corrected chi connectivity index (χ0v) is 15.5. The third-order valence-corrected chi connectivity index (χ3v) is 4.10. The van der Waals surface area contributed by atoms with Crippen LogP contribution in [0.25, 0.3) is 11.0 Å². The van der Waals surface area contributed by atoms with Gasteiger partial charge < -0.3 is 24.1 Å². The molecule has 1 heterocycles. The van der Waals surface area contributed by atoms with Gasteiger partial charge in [0.1, 0.15) is 5.58 Å². The lowest BCUT2D eigenvalue weighted by Crippen LogP contribution is -2.10. The lowest BCUT2D eigenvalue weighted by Gasteiger charge is -2.09. The number of unbranched alkanes of at least 4 members (excludes halogenated alkanes) is 4. The average molecular weight is 378 g/mol. The molecule has 0 atom stereocenters. The fourth-order valence-electron chi connectivity index (χ4n) is 2.59. The molecule has 0 fully saturated rings. The van der Waals surface area contributed by atoms with Crippen molar-refractivity contribution in [3.63, 3.8) is 0 Å². The van der Waals surface area contributed by atoms with Gasteiger partial charge in [0, 0.05) is 6.61 Å². The second-order valence-electron chi connectivity index (χ2n) is 6.25. The Morgan fingerprint density at radius 1 is 1.11 bits per heavy atom. The summed E-state index contributed by atoms with van der Waals surface area (Å²) in [5, 5.41) is 19.4. The van der Waals surface area contributed by atoms with E-state index in [4.69, 9.17) is 19.0 Å². The summed E-state index contributed by atoms with van der Waals surface area (Å²) in [6.45, 7) is 2.64. The fraction of sp³-hybridized carbons (Fsp3) is 0.500. The van der Waals surface area contributed by atoms with Gasteiger partial charge in [-0.1, -0.05) is 26.2 Å². The number of hydrogen-bond acceptors (Lipinski definition) is 7. The van der Waals surface area contributed by atoms with Gasteiger partial charge in [0.25, 0.3) is 0 Å². The Labute approximate surface area is 157 Å². The summed E-state index contributed by atoms with van der Waals surface area (Å²) >= 11 is 0. The van der Waals surface area contributed by atoms with Crippen LogP contribution in [0.4, 0.5) is 0 Å². The molecule has 27 heavy (non-hydrogen) atoms. The van der Waals surface area contributed by atoms with Crippen molar-refractivity contribution in [2.24, 2.45) is 0 Å². The average Bonchev–Trinajstić information content (AvgIpc) is 2.67. The molecular formula is C20H26O7. The number of benzene rings is 1. The summed E-state index contributed by atoms with van der Waals surface area (Å²) in [7, 11) is 0. The summed E-state index contributed by atoms with van der Waals surface area (Å²) in [5.41, 5.74) is -0.368. The predicted octanol–water partition coefficient (Wildman–Crippen LogP) is 3.39. The Morgan fingerprint density at radius 2 is 1.89 bits per heavy atom. The topological polar surface area (TPSA) is 106 Å². The van der Waals surface area contributed by atoms with Crippen LogP contribution in [-0.2, 0) is 4.74 Å². The lowest BCUT2D eigenvalue weighted by molar-refractivity contribution is 0.0493.